The normalized spacial score (nSPS) is 18.4. The van der Waals surface area contributed by atoms with Crippen LogP contribution in [-0.4, -0.2) is 28.5 Å². The lowest BCUT2D eigenvalue weighted by atomic mass is 10.1. The number of carbonyl (C=O) groups excluding carboxylic acids is 1. The lowest BCUT2D eigenvalue weighted by Crippen LogP contribution is -2.26. The fraction of sp³-hybridized carbons (Fsp3) is 0.273. The van der Waals surface area contributed by atoms with E-state index in [0.717, 1.165) is 6.07 Å². The van der Waals surface area contributed by atoms with Crippen molar-refractivity contribution < 1.29 is 19.6 Å². The molecule has 0 bridgehead atoms. The molecule has 0 saturated carbocycles. The monoisotopic (exact) mass is 299 g/mol. The van der Waals surface area contributed by atoms with Gasteiger partial charge in [-0.15, -0.1) is 0 Å². The van der Waals surface area contributed by atoms with Gasteiger partial charge in [-0.1, -0.05) is 11.6 Å². The highest BCUT2D eigenvalue weighted by Crippen LogP contribution is 2.37. The number of rotatable bonds is 3. The number of carboxylic acids is 1. The van der Waals surface area contributed by atoms with Crippen molar-refractivity contribution in [3.63, 3.8) is 0 Å². The Kier molecular flexibility index (Phi) is 3.49. The third-order valence-corrected chi connectivity index (χ3v) is 3.36. The molecule has 8 nitrogen and oxygen atoms in total. The molecule has 1 amide bonds. The maximum absolute atomic E-state index is 11.8. The largest absolute Gasteiger partial charge is 0.481 e. The van der Waals surface area contributed by atoms with E-state index in [1.807, 2.05) is 0 Å². The molecule has 0 aliphatic carbocycles. The second-order valence-corrected chi connectivity index (χ2v) is 4.77. The number of halogens is 1. The molecule has 0 spiro atoms. The first-order valence-corrected chi connectivity index (χ1v) is 5.95. The minimum atomic E-state index is -1.08. The number of hydrogen-bond donors (Lipinski definition) is 2. The number of nitrogens with zero attached hydrogens (tertiary/aromatic N) is 2. The smallest absolute Gasteiger partial charge is 0.308 e. The molecule has 3 N–H and O–H groups in total. The van der Waals surface area contributed by atoms with Gasteiger partial charge >= 0.3 is 5.97 Å². The van der Waals surface area contributed by atoms with E-state index in [0.29, 0.717) is 0 Å². The highest BCUT2D eigenvalue weighted by atomic mass is 35.5. The first-order chi connectivity index (χ1) is 9.31. The first kappa shape index (κ1) is 14.1. The lowest BCUT2D eigenvalue weighted by Gasteiger charge is -2.18. The average Bonchev–Trinajstić information content (AvgIpc) is 2.73. The van der Waals surface area contributed by atoms with E-state index in [4.69, 9.17) is 22.4 Å². The van der Waals surface area contributed by atoms with Crippen molar-refractivity contribution in [2.45, 2.75) is 6.42 Å². The predicted molar refractivity (Wildman–Crippen MR) is 70.6 cm³/mol. The number of nitrogens with two attached hydrogens (primary N) is 1. The Balaban J connectivity index is 2.39. The van der Waals surface area contributed by atoms with E-state index in [1.54, 1.807) is 0 Å². The van der Waals surface area contributed by atoms with Gasteiger partial charge in [-0.3, -0.25) is 19.7 Å². The van der Waals surface area contributed by atoms with Crippen LogP contribution in [-0.2, 0) is 9.59 Å². The zero-order chi connectivity index (χ0) is 15.0. The zero-order valence-electron chi connectivity index (χ0n) is 10.1. The molecular formula is C11H10ClN3O5. The number of nitrogen functional groups attached to an aromatic ring is 1. The van der Waals surface area contributed by atoms with Crippen molar-refractivity contribution in [3.05, 3.63) is 27.3 Å². The number of aliphatic carboxylic acids is 1. The summed E-state index contributed by atoms with van der Waals surface area (Å²) >= 11 is 5.77. The SMILES string of the molecule is Nc1cc([N+](=O)[O-])c(Cl)cc1N1CC(C(=O)O)CC1=O. The molecule has 9 heteroatoms. The molecule has 1 atom stereocenters. The maximum Gasteiger partial charge on any atom is 0.308 e. The second kappa shape index (κ2) is 4.97. The highest BCUT2D eigenvalue weighted by molar-refractivity contribution is 6.33. The van der Waals surface area contributed by atoms with Gasteiger partial charge < -0.3 is 15.7 Å². The van der Waals surface area contributed by atoms with Crippen LogP contribution in [0.2, 0.25) is 5.02 Å². The van der Waals surface area contributed by atoms with E-state index in [-0.39, 0.29) is 35.1 Å². The Labute approximate surface area is 117 Å². The topological polar surface area (TPSA) is 127 Å². The molecule has 1 fully saturated rings. The van der Waals surface area contributed by atoms with E-state index in [9.17, 15) is 19.7 Å². The summed E-state index contributed by atoms with van der Waals surface area (Å²) in [5.41, 5.74) is 5.51. The van der Waals surface area contributed by atoms with Crippen molar-refractivity contribution in [1.29, 1.82) is 0 Å². The predicted octanol–water partition coefficient (Wildman–Crippen LogP) is 1.27. The standard InChI is InChI=1S/C11H10ClN3O5/c12-6-2-9(7(13)3-8(6)15(19)20)14-4-5(11(17)18)1-10(14)16/h2-3,5H,1,4,13H2,(H,17,18). The molecule has 1 aliphatic rings. The first-order valence-electron chi connectivity index (χ1n) is 5.58. The number of hydrogen-bond acceptors (Lipinski definition) is 5. The van der Waals surface area contributed by atoms with Crippen LogP contribution in [0.4, 0.5) is 17.1 Å². The van der Waals surface area contributed by atoms with Gasteiger partial charge in [0, 0.05) is 19.0 Å². The average molecular weight is 300 g/mol. The summed E-state index contributed by atoms with van der Waals surface area (Å²) in [6.45, 7) is -0.0352. The Hall–Kier alpha value is -2.35. The van der Waals surface area contributed by atoms with E-state index in [1.165, 1.54) is 11.0 Å². The van der Waals surface area contributed by atoms with Gasteiger partial charge in [0.15, 0.2) is 0 Å². The Bertz CT molecular complexity index is 618. The number of benzene rings is 1. The molecule has 1 saturated heterocycles. The molecule has 0 radical (unpaired) electrons. The van der Waals surface area contributed by atoms with Gasteiger partial charge in [0.2, 0.25) is 5.91 Å². The number of nitro groups is 1. The van der Waals surface area contributed by atoms with Gasteiger partial charge in [-0.05, 0) is 6.07 Å². The van der Waals surface area contributed by atoms with Crippen molar-refractivity contribution >= 4 is 40.5 Å². The van der Waals surface area contributed by atoms with Gasteiger partial charge in [-0.25, -0.2) is 0 Å². The van der Waals surface area contributed by atoms with E-state index >= 15 is 0 Å². The van der Waals surface area contributed by atoms with Gasteiger partial charge in [0.25, 0.3) is 5.69 Å². The lowest BCUT2D eigenvalue weighted by molar-refractivity contribution is -0.384. The van der Waals surface area contributed by atoms with Gasteiger partial charge in [0.05, 0.1) is 22.2 Å². The van der Waals surface area contributed by atoms with Crippen LogP contribution in [0.25, 0.3) is 0 Å². The minimum Gasteiger partial charge on any atom is -0.481 e. The molecule has 106 valence electrons. The summed E-state index contributed by atoms with van der Waals surface area (Å²) in [5.74, 6) is -2.31. The van der Waals surface area contributed by atoms with Gasteiger partial charge in [0.1, 0.15) is 5.02 Å². The van der Waals surface area contributed by atoms with Gasteiger partial charge in [-0.2, -0.15) is 0 Å². The fourth-order valence-corrected chi connectivity index (χ4v) is 2.27. The van der Waals surface area contributed by atoms with Crippen molar-refractivity contribution in [3.8, 4) is 0 Å². The molecule has 2 rings (SSSR count). The van der Waals surface area contributed by atoms with E-state index < -0.39 is 22.7 Å². The Morgan fingerprint density at radius 3 is 2.70 bits per heavy atom. The quantitative estimate of drug-likeness (QED) is 0.491. The number of carbonyl (C=O) groups is 2. The fourth-order valence-electron chi connectivity index (χ4n) is 2.05. The number of anilines is 2. The summed E-state index contributed by atoms with van der Waals surface area (Å²) in [6.07, 6.45) is -0.136. The van der Waals surface area contributed by atoms with Crippen LogP contribution in [0.5, 0.6) is 0 Å². The van der Waals surface area contributed by atoms with Crippen LogP contribution in [0, 0.1) is 16.0 Å². The molecule has 20 heavy (non-hydrogen) atoms. The Morgan fingerprint density at radius 2 is 2.20 bits per heavy atom. The van der Waals surface area contributed by atoms with Crippen LogP contribution in [0.3, 0.4) is 0 Å². The molecule has 1 aliphatic heterocycles. The van der Waals surface area contributed by atoms with Crippen molar-refractivity contribution in [1.82, 2.24) is 0 Å². The van der Waals surface area contributed by atoms with Crippen LogP contribution in [0.1, 0.15) is 6.42 Å². The number of amides is 1. The molecule has 1 unspecified atom stereocenters. The van der Waals surface area contributed by atoms with Crippen molar-refractivity contribution in [2.75, 3.05) is 17.2 Å². The summed E-state index contributed by atoms with van der Waals surface area (Å²) in [5, 5.41) is 19.5. The summed E-state index contributed by atoms with van der Waals surface area (Å²) in [4.78, 5) is 33.9. The minimum absolute atomic E-state index is 0.000453. The molecule has 0 aromatic heterocycles. The molecular weight excluding hydrogens is 290 g/mol. The zero-order valence-corrected chi connectivity index (χ0v) is 10.8. The molecule has 1 heterocycles. The molecule has 1 aromatic rings. The van der Waals surface area contributed by atoms with Crippen LogP contribution < -0.4 is 10.6 Å². The summed E-state index contributed by atoms with van der Waals surface area (Å²) in [6, 6.07) is 2.26. The Morgan fingerprint density at radius 1 is 1.55 bits per heavy atom. The van der Waals surface area contributed by atoms with E-state index in [2.05, 4.69) is 0 Å². The third-order valence-electron chi connectivity index (χ3n) is 3.06. The highest BCUT2D eigenvalue weighted by Gasteiger charge is 2.36. The third kappa shape index (κ3) is 2.37. The maximum atomic E-state index is 11.8. The second-order valence-electron chi connectivity index (χ2n) is 4.36. The molecule has 1 aromatic carbocycles. The number of carboxylic acid groups (broad SMARTS) is 1. The van der Waals surface area contributed by atoms with Crippen LogP contribution >= 0.6 is 11.6 Å². The number of nitro benzene ring substituents is 1. The summed E-state index contributed by atoms with van der Waals surface area (Å²) < 4.78 is 0. The summed E-state index contributed by atoms with van der Waals surface area (Å²) in [7, 11) is 0. The van der Waals surface area contributed by atoms with Crippen LogP contribution in [0.15, 0.2) is 12.1 Å². The van der Waals surface area contributed by atoms with Crippen molar-refractivity contribution in [2.24, 2.45) is 5.92 Å².